The van der Waals surface area contributed by atoms with E-state index in [0.29, 0.717) is 16.3 Å². The summed E-state index contributed by atoms with van der Waals surface area (Å²) in [6, 6.07) is 5.72. The van der Waals surface area contributed by atoms with Gasteiger partial charge in [0.1, 0.15) is 4.88 Å². The van der Waals surface area contributed by atoms with Crippen LogP contribution >= 0.6 is 11.3 Å². The first-order valence-electron chi connectivity index (χ1n) is 6.55. The number of hydrogen-bond acceptors (Lipinski definition) is 6. The molecule has 0 atom stereocenters. The molecule has 110 valence electrons. The largest absolute Gasteiger partial charge is 0.465 e. The fourth-order valence-electron chi connectivity index (χ4n) is 2.34. The first-order chi connectivity index (χ1) is 10.2. The lowest BCUT2D eigenvalue weighted by Gasteiger charge is -2.04. The van der Waals surface area contributed by atoms with Crippen LogP contribution in [0, 0.1) is 0 Å². The van der Waals surface area contributed by atoms with E-state index in [4.69, 9.17) is 19.9 Å². The van der Waals surface area contributed by atoms with Gasteiger partial charge in [-0.3, -0.25) is 0 Å². The van der Waals surface area contributed by atoms with E-state index in [1.54, 1.807) is 0 Å². The van der Waals surface area contributed by atoms with Crippen LogP contribution in [0.1, 0.15) is 22.2 Å². The lowest BCUT2D eigenvalue weighted by molar-refractivity contribution is 0.0607. The van der Waals surface area contributed by atoms with Crippen molar-refractivity contribution in [2.75, 3.05) is 19.6 Å². The van der Waals surface area contributed by atoms with E-state index in [-0.39, 0.29) is 6.79 Å². The lowest BCUT2D eigenvalue weighted by atomic mass is 10.1. The van der Waals surface area contributed by atoms with Gasteiger partial charge in [0.05, 0.1) is 12.8 Å². The van der Waals surface area contributed by atoms with Crippen LogP contribution in [0.25, 0.3) is 10.4 Å². The highest BCUT2D eigenvalue weighted by atomic mass is 32.1. The summed E-state index contributed by atoms with van der Waals surface area (Å²) < 4.78 is 15.5. The number of nitrogens with two attached hydrogens (primary N) is 1. The molecule has 1 aromatic carbocycles. The third kappa shape index (κ3) is 2.21. The van der Waals surface area contributed by atoms with Crippen molar-refractivity contribution in [1.82, 2.24) is 0 Å². The number of methoxy groups -OCH3 is 1. The Morgan fingerprint density at radius 2 is 2.14 bits per heavy atom. The Morgan fingerprint density at radius 1 is 1.38 bits per heavy atom. The Kier molecular flexibility index (Phi) is 3.47. The topological polar surface area (TPSA) is 70.8 Å². The van der Waals surface area contributed by atoms with Crippen LogP contribution in [-0.4, -0.2) is 19.9 Å². The van der Waals surface area contributed by atoms with E-state index in [2.05, 4.69) is 0 Å². The minimum Gasteiger partial charge on any atom is -0.465 e. The molecule has 2 heterocycles. The molecule has 0 fully saturated rings. The molecule has 21 heavy (non-hydrogen) atoms. The van der Waals surface area contributed by atoms with Gasteiger partial charge in [0.15, 0.2) is 11.5 Å². The van der Waals surface area contributed by atoms with Gasteiger partial charge in [0, 0.05) is 4.88 Å². The molecule has 0 aliphatic carbocycles. The van der Waals surface area contributed by atoms with Gasteiger partial charge >= 0.3 is 5.97 Å². The van der Waals surface area contributed by atoms with Crippen molar-refractivity contribution in [3.05, 3.63) is 28.6 Å². The molecule has 0 saturated carbocycles. The molecule has 0 spiro atoms. The highest BCUT2D eigenvalue weighted by molar-refractivity contribution is 7.18. The molecule has 0 radical (unpaired) electrons. The van der Waals surface area contributed by atoms with Crippen molar-refractivity contribution in [3.8, 4) is 21.9 Å². The SMILES string of the molecule is CCc1c(-c2ccc3c(c2)OCO3)sc(C(=O)OC)c1N. The van der Waals surface area contributed by atoms with E-state index in [9.17, 15) is 4.79 Å². The Hall–Kier alpha value is -2.21. The predicted octanol–water partition coefficient (Wildman–Crippen LogP) is 3.08. The van der Waals surface area contributed by atoms with Gasteiger partial charge in [-0.05, 0) is 35.7 Å². The fourth-order valence-corrected chi connectivity index (χ4v) is 3.57. The number of carbonyl (C=O) groups is 1. The summed E-state index contributed by atoms with van der Waals surface area (Å²) in [5.74, 6) is 1.04. The predicted molar refractivity (Wildman–Crippen MR) is 81.0 cm³/mol. The zero-order valence-corrected chi connectivity index (χ0v) is 12.6. The second-order valence-corrected chi connectivity index (χ2v) is 5.59. The van der Waals surface area contributed by atoms with E-state index in [0.717, 1.165) is 28.2 Å². The van der Waals surface area contributed by atoms with Crippen LogP contribution in [0.15, 0.2) is 18.2 Å². The molecule has 1 aliphatic heterocycles. The molecule has 0 saturated heterocycles. The maximum absolute atomic E-state index is 11.8. The molecular formula is C15H15NO4S. The number of carbonyl (C=O) groups excluding carboxylic acids is 1. The molecular weight excluding hydrogens is 290 g/mol. The van der Waals surface area contributed by atoms with E-state index in [1.165, 1.54) is 18.4 Å². The van der Waals surface area contributed by atoms with Crippen LogP contribution in [0.3, 0.4) is 0 Å². The Morgan fingerprint density at radius 3 is 2.86 bits per heavy atom. The lowest BCUT2D eigenvalue weighted by Crippen LogP contribution is -2.02. The first-order valence-corrected chi connectivity index (χ1v) is 7.36. The van der Waals surface area contributed by atoms with Gasteiger partial charge in [0.2, 0.25) is 6.79 Å². The number of thiophene rings is 1. The van der Waals surface area contributed by atoms with Gasteiger partial charge in [0.25, 0.3) is 0 Å². The van der Waals surface area contributed by atoms with Gasteiger partial charge in [-0.15, -0.1) is 11.3 Å². The van der Waals surface area contributed by atoms with E-state index in [1.807, 2.05) is 25.1 Å². The average Bonchev–Trinajstić information content (AvgIpc) is 3.09. The van der Waals surface area contributed by atoms with Crippen molar-refractivity contribution in [3.63, 3.8) is 0 Å². The maximum Gasteiger partial charge on any atom is 0.350 e. The number of anilines is 1. The number of ether oxygens (including phenoxy) is 3. The summed E-state index contributed by atoms with van der Waals surface area (Å²) in [5.41, 5.74) is 8.52. The van der Waals surface area contributed by atoms with Crippen molar-refractivity contribution in [2.45, 2.75) is 13.3 Å². The number of hydrogen-bond donors (Lipinski definition) is 1. The molecule has 0 amide bonds. The number of rotatable bonds is 3. The third-order valence-electron chi connectivity index (χ3n) is 3.41. The van der Waals surface area contributed by atoms with Crippen LogP contribution in [0.2, 0.25) is 0 Å². The van der Waals surface area contributed by atoms with E-state index >= 15 is 0 Å². The molecule has 1 aliphatic rings. The Labute approximate surface area is 126 Å². The number of esters is 1. The van der Waals surface area contributed by atoms with Crippen molar-refractivity contribution >= 4 is 23.0 Å². The van der Waals surface area contributed by atoms with Crippen LogP contribution in [0.5, 0.6) is 11.5 Å². The molecule has 1 aromatic heterocycles. The first kappa shape index (κ1) is 13.8. The highest BCUT2D eigenvalue weighted by Crippen LogP contribution is 2.43. The quantitative estimate of drug-likeness (QED) is 0.882. The fraction of sp³-hybridized carbons (Fsp3) is 0.267. The molecule has 5 nitrogen and oxygen atoms in total. The Balaban J connectivity index is 2.11. The third-order valence-corrected chi connectivity index (χ3v) is 4.68. The van der Waals surface area contributed by atoms with Gasteiger partial charge in [-0.2, -0.15) is 0 Å². The van der Waals surface area contributed by atoms with Crippen LogP contribution in [-0.2, 0) is 11.2 Å². The summed E-state index contributed by atoms with van der Waals surface area (Å²) in [4.78, 5) is 13.2. The second kappa shape index (κ2) is 5.29. The van der Waals surface area contributed by atoms with Gasteiger partial charge in [-0.25, -0.2) is 4.79 Å². The molecule has 2 N–H and O–H groups in total. The minimum absolute atomic E-state index is 0.236. The second-order valence-electron chi connectivity index (χ2n) is 4.57. The van der Waals surface area contributed by atoms with E-state index < -0.39 is 5.97 Å². The summed E-state index contributed by atoms with van der Waals surface area (Å²) in [6.45, 7) is 2.25. The normalized spacial score (nSPS) is 12.5. The summed E-state index contributed by atoms with van der Waals surface area (Å²) >= 11 is 1.35. The monoisotopic (exact) mass is 305 g/mol. The highest BCUT2D eigenvalue weighted by Gasteiger charge is 2.23. The van der Waals surface area contributed by atoms with Gasteiger partial charge < -0.3 is 19.9 Å². The number of benzene rings is 1. The smallest absolute Gasteiger partial charge is 0.350 e. The molecule has 2 aromatic rings. The summed E-state index contributed by atoms with van der Waals surface area (Å²) in [7, 11) is 1.35. The zero-order valence-electron chi connectivity index (χ0n) is 11.8. The van der Waals surface area contributed by atoms with Crippen LogP contribution in [0.4, 0.5) is 5.69 Å². The molecule has 0 bridgehead atoms. The molecule has 0 unspecified atom stereocenters. The van der Waals surface area contributed by atoms with Crippen LogP contribution < -0.4 is 15.2 Å². The van der Waals surface area contributed by atoms with Crippen molar-refractivity contribution in [1.29, 1.82) is 0 Å². The summed E-state index contributed by atoms with van der Waals surface area (Å²) in [5, 5.41) is 0. The standard InChI is InChI=1S/C15H15NO4S/c1-3-9-12(16)14(15(17)18-2)21-13(9)8-4-5-10-11(6-8)20-7-19-10/h4-6H,3,7,16H2,1-2H3. The average molecular weight is 305 g/mol. The maximum atomic E-state index is 11.8. The number of fused-ring (bicyclic) bond motifs is 1. The summed E-state index contributed by atoms with van der Waals surface area (Å²) in [6.07, 6.45) is 0.739. The number of nitrogen functional groups attached to an aromatic ring is 1. The Bertz CT molecular complexity index is 708. The van der Waals surface area contributed by atoms with Gasteiger partial charge in [-0.1, -0.05) is 6.92 Å². The molecule has 6 heteroatoms. The van der Waals surface area contributed by atoms with Crippen molar-refractivity contribution < 1.29 is 19.0 Å². The molecule has 3 rings (SSSR count). The van der Waals surface area contributed by atoms with Crippen molar-refractivity contribution in [2.24, 2.45) is 0 Å². The minimum atomic E-state index is -0.404. The zero-order chi connectivity index (χ0) is 15.0.